The number of rotatable bonds is 18. The Morgan fingerprint density at radius 2 is 1.44 bits per heavy atom. The first kappa shape index (κ1) is 36.3. The van der Waals surface area contributed by atoms with Crippen molar-refractivity contribution >= 4 is 5.97 Å². The molecule has 8 nitrogen and oxygen atoms in total. The molecule has 0 radical (unpaired) electrons. The molecule has 3 aliphatic heterocycles. The minimum atomic E-state index is -0.328. The van der Waals surface area contributed by atoms with Gasteiger partial charge in [-0.05, 0) is 102 Å². The molecule has 1 saturated carbocycles. The minimum Gasteiger partial charge on any atom is -0.463 e. The molecule has 0 N–H and O–H groups in total. The summed E-state index contributed by atoms with van der Waals surface area (Å²) in [7, 11) is 0. The normalized spacial score (nSPS) is 32.1. The zero-order chi connectivity index (χ0) is 31.5. The molecule has 0 aromatic carbocycles. The van der Waals surface area contributed by atoms with Crippen molar-refractivity contribution in [3.05, 3.63) is 36.5 Å². The highest BCUT2D eigenvalue weighted by Gasteiger charge is 2.46. The van der Waals surface area contributed by atoms with E-state index in [1.165, 1.54) is 31.8 Å². The van der Waals surface area contributed by atoms with E-state index in [-0.39, 0.29) is 55.0 Å². The summed E-state index contributed by atoms with van der Waals surface area (Å²) in [5, 5.41) is 0. The maximum absolute atomic E-state index is 11.6. The molecule has 8 unspecified atom stereocenters. The van der Waals surface area contributed by atoms with Crippen LogP contribution in [-0.4, -0.2) is 69.6 Å². The SMILES string of the molecule is CCCCCC(CCC1C(C=CC=CC=CC(=O)OCC)CC(OC2CCCCO2)C1OC1CCCCO1)OC1CCCCO1. The van der Waals surface area contributed by atoms with Crippen LogP contribution in [0.4, 0.5) is 0 Å². The van der Waals surface area contributed by atoms with Crippen molar-refractivity contribution in [2.75, 3.05) is 26.4 Å². The molecular formula is C37H60O8. The van der Waals surface area contributed by atoms with Crippen LogP contribution in [0, 0.1) is 11.8 Å². The van der Waals surface area contributed by atoms with Gasteiger partial charge in [0.1, 0.15) is 0 Å². The van der Waals surface area contributed by atoms with Crippen LogP contribution in [0.3, 0.4) is 0 Å². The summed E-state index contributed by atoms with van der Waals surface area (Å²) < 4.78 is 43.2. The highest BCUT2D eigenvalue weighted by molar-refractivity contribution is 5.82. The van der Waals surface area contributed by atoms with Crippen molar-refractivity contribution in [1.82, 2.24) is 0 Å². The standard InChI is InChI=1S/C37H60O8/c1-3-5-8-18-30(43-34-20-11-14-25-40-34)23-24-31-29(17-9-6-7-10-19-33(38)39-4-2)28-32(44-35-21-12-15-26-41-35)37(31)45-36-22-13-16-27-42-36/h6-7,9-10,17,19,29-32,34-37H,3-5,8,11-16,18,20-28H2,1-2H3. The van der Waals surface area contributed by atoms with E-state index in [0.29, 0.717) is 6.61 Å². The van der Waals surface area contributed by atoms with Gasteiger partial charge in [0, 0.05) is 25.9 Å². The summed E-state index contributed by atoms with van der Waals surface area (Å²) in [4.78, 5) is 11.6. The van der Waals surface area contributed by atoms with Gasteiger partial charge in [-0.25, -0.2) is 4.79 Å². The molecule has 3 heterocycles. The Bertz CT molecular complexity index is 885. The molecule has 0 aromatic heterocycles. The largest absolute Gasteiger partial charge is 0.463 e. The number of ether oxygens (including phenoxy) is 7. The van der Waals surface area contributed by atoms with E-state index >= 15 is 0 Å². The van der Waals surface area contributed by atoms with Gasteiger partial charge in [0.15, 0.2) is 18.9 Å². The van der Waals surface area contributed by atoms with Gasteiger partial charge < -0.3 is 33.2 Å². The number of unbranched alkanes of at least 4 members (excludes halogenated alkanes) is 2. The summed E-state index contributed by atoms with van der Waals surface area (Å²) >= 11 is 0. The lowest BCUT2D eigenvalue weighted by atomic mass is 9.88. The summed E-state index contributed by atoms with van der Waals surface area (Å²) in [6.07, 6.45) is 28.0. The van der Waals surface area contributed by atoms with Crippen LogP contribution in [0.5, 0.6) is 0 Å². The Labute approximate surface area is 272 Å². The van der Waals surface area contributed by atoms with E-state index in [0.717, 1.165) is 96.9 Å². The molecule has 0 bridgehead atoms. The Morgan fingerprint density at radius 1 is 0.778 bits per heavy atom. The van der Waals surface area contributed by atoms with E-state index < -0.39 is 0 Å². The topological polar surface area (TPSA) is 81.7 Å². The van der Waals surface area contributed by atoms with E-state index in [2.05, 4.69) is 19.1 Å². The fourth-order valence-corrected chi connectivity index (χ4v) is 7.00. The van der Waals surface area contributed by atoms with Crippen molar-refractivity contribution in [3.8, 4) is 0 Å². The molecule has 3 saturated heterocycles. The summed E-state index contributed by atoms with van der Waals surface area (Å²) in [6.45, 7) is 6.73. The van der Waals surface area contributed by atoms with E-state index in [4.69, 9.17) is 33.2 Å². The molecule has 45 heavy (non-hydrogen) atoms. The molecule has 8 atom stereocenters. The van der Waals surface area contributed by atoms with Crippen molar-refractivity contribution < 1.29 is 38.0 Å². The van der Waals surface area contributed by atoms with Crippen LogP contribution < -0.4 is 0 Å². The molecular weight excluding hydrogens is 572 g/mol. The third-order valence-corrected chi connectivity index (χ3v) is 9.40. The fraction of sp³-hybridized carbons (Fsp3) is 0.811. The van der Waals surface area contributed by atoms with Gasteiger partial charge in [-0.3, -0.25) is 0 Å². The van der Waals surface area contributed by atoms with E-state index in [1.54, 1.807) is 13.0 Å². The van der Waals surface area contributed by atoms with Gasteiger partial charge in [0.05, 0.1) is 24.9 Å². The Kier molecular flexibility index (Phi) is 17.2. The summed E-state index contributed by atoms with van der Waals surface area (Å²) in [5.74, 6) is 0.202. The second kappa shape index (κ2) is 21.3. The first-order chi connectivity index (χ1) is 22.2. The van der Waals surface area contributed by atoms with Gasteiger partial charge >= 0.3 is 5.97 Å². The Morgan fingerprint density at radius 3 is 2.09 bits per heavy atom. The van der Waals surface area contributed by atoms with Crippen LogP contribution in [-0.2, 0) is 38.0 Å². The van der Waals surface area contributed by atoms with E-state index in [9.17, 15) is 4.79 Å². The molecule has 0 spiro atoms. The molecule has 0 aromatic rings. The minimum absolute atomic E-state index is 0.0629. The summed E-state index contributed by atoms with van der Waals surface area (Å²) in [5.41, 5.74) is 0. The predicted molar refractivity (Wildman–Crippen MR) is 174 cm³/mol. The van der Waals surface area contributed by atoms with Crippen molar-refractivity contribution in [1.29, 1.82) is 0 Å². The quantitative estimate of drug-likeness (QED) is 0.0652. The maximum atomic E-state index is 11.6. The predicted octanol–water partition coefficient (Wildman–Crippen LogP) is 7.95. The lowest BCUT2D eigenvalue weighted by Gasteiger charge is -2.35. The number of esters is 1. The number of hydrogen-bond donors (Lipinski definition) is 0. The van der Waals surface area contributed by atoms with Crippen LogP contribution >= 0.6 is 0 Å². The number of allylic oxidation sites excluding steroid dienone is 5. The van der Waals surface area contributed by atoms with Gasteiger partial charge in [0.25, 0.3) is 0 Å². The first-order valence-electron chi connectivity index (χ1n) is 18.2. The number of carbonyl (C=O) groups is 1. The molecule has 4 rings (SSSR count). The lowest BCUT2D eigenvalue weighted by Crippen LogP contribution is -2.40. The highest BCUT2D eigenvalue weighted by atomic mass is 16.7. The first-order valence-corrected chi connectivity index (χ1v) is 18.2. The van der Waals surface area contributed by atoms with Crippen molar-refractivity contribution in [2.24, 2.45) is 11.8 Å². The molecule has 8 heteroatoms. The third-order valence-electron chi connectivity index (χ3n) is 9.40. The second-order valence-electron chi connectivity index (χ2n) is 12.9. The van der Waals surface area contributed by atoms with E-state index in [1.807, 2.05) is 12.2 Å². The number of carbonyl (C=O) groups excluding carboxylic acids is 1. The smallest absolute Gasteiger partial charge is 0.330 e. The number of hydrogen-bond acceptors (Lipinski definition) is 8. The lowest BCUT2D eigenvalue weighted by molar-refractivity contribution is -0.248. The van der Waals surface area contributed by atoms with Crippen molar-refractivity contribution in [3.63, 3.8) is 0 Å². The molecule has 1 aliphatic carbocycles. The van der Waals surface area contributed by atoms with Gasteiger partial charge in [-0.1, -0.05) is 56.6 Å². The Hall–Kier alpha value is -1.55. The van der Waals surface area contributed by atoms with Gasteiger partial charge in [-0.2, -0.15) is 0 Å². The van der Waals surface area contributed by atoms with Crippen molar-refractivity contribution in [2.45, 2.75) is 154 Å². The van der Waals surface area contributed by atoms with Crippen LogP contribution in [0.2, 0.25) is 0 Å². The fourth-order valence-electron chi connectivity index (χ4n) is 7.00. The average Bonchev–Trinajstić information content (AvgIpc) is 3.37. The maximum Gasteiger partial charge on any atom is 0.330 e. The molecule has 4 fully saturated rings. The zero-order valence-corrected chi connectivity index (χ0v) is 28.0. The van der Waals surface area contributed by atoms with Crippen LogP contribution in [0.25, 0.3) is 0 Å². The van der Waals surface area contributed by atoms with Crippen LogP contribution in [0.1, 0.15) is 117 Å². The second-order valence-corrected chi connectivity index (χ2v) is 12.9. The molecule has 0 amide bonds. The summed E-state index contributed by atoms with van der Waals surface area (Å²) in [6, 6.07) is 0. The van der Waals surface area contributed by atoms with Crippen LogP contribution in [0.15, 0.2) is 36.5 Å². The molecule has 256 valence electrons. The highest BCUT2D eigenvalue weighted by Crippen LogP contribution is 2.43. The average molecular weight is 633 g/mol. The Balaban J connectivity index is 1.49. The third kappa shape index (κ3) is 13.2. The van der Waals surface area contributed by atoms with Gasteiger partial charge in [0.2, 0.25) is 0 Å². The molecule has 4 aliphatic rings. The monoisotopic (exact) mass is 632 g/mol. The zero-order valence-electron chi connectivity index (χ0n) is 28.0. The van der Waals surface area contributed by atoms with Gasteiger partial charge in [-0.15, -0.1) is 0 Å².